The van der Waals surface area contributed by atoms with E-state index in [1.54, 1.807) is 13.0 Å². The number of carboxylic acid groups (broad SMARTS) is 1. The number of aryl methyl sites for hydroxylation is 1. The topological polar surface area (TPSA) is 84.9 Å². The molecule has 0 radical (unpaired) electrons. The summed E-state index contributed by atoms with van der Waals surface area (Å²) < 4.78 is 11.7. The minimum atomic E-state index is -0.967. The van der Waals surface area contributed by atoms with Crippen molar-refractivity contribution in [2.45, 2.75) is 38.3 Å². The van der Waals surface area contributed by atoms with E-state index in [1.165, 1.54) is 0 Å². The number of nitrogens with one attached hydrogen (secondary N) is 1. The number of amides is 1. The molecule has 2 atom stereocenters. The Balaban J connectivity index is 2.02. The highest BCUT2D eigenvalue weighted by atomic mass is 79.9. The van der Waals surface area contributed by atoms with E-state index in [4.69, 9.17) is 14.6 Å². The van der Waals surface area contributed by atoms with E-state index in [1.807, 2.05) is 19.1 Å². The number of carboxylic acids is 1. The Hall–Kier alpha value is -1.60. The molecule has 6 nitrogen and oxygen atoms in total. The van der Waals surface area contributed by atoms with E-state index in [0.29, 0.717) is 18.8 Å². The van der Waals surface area contributed by atoms with E-state index in [2.05, 4.69) is 21.2 Å². The van der Waals surface area contributed by atoms with Crippen LogP contribution >= 0.6 is 15.9 Å². The van der Waals surface area contributed by atoms with Gasteiger partial charge in [0, 0.05) is 6.61 Å². The Labute approximate surface area is 143 Å². The molecule has 1 fully saturated rings. The van der Waals surface area contributed by atoms with Gasteiger partial charge in [-0.15, -0.1) is 0 Å². The van der Waals surface area contributed by atoms with Crippen molar-refractivity contribution < 1.29 is 24.2 Å². The van der Waals surface area contributed by atoms with Crippen LogP contribution in [0.2, 0.25) is 0 Å². The summed E-state index contributed by atoms with van der Waals surface area (Å²) in [6.07, 6.45) is -0.439. The zero-order chi connectivity index (χ0) is 17.0. The number of hydrogen-bond donors (Lipinski definition) is 2. The molecular weight excluding hydrogens is 366 g/mol. The molecule has 1 saturated heterocycles. The molecule has 0 saturated carbocycles. The summed E-state index contributed by atoms with van der Waals surface area (Å²) in [5.74, 6) is -0.761. The summed E-state index contributed by atoms with van der Waals surface area (Å²) >= 11 is 3.40. The van der Waals surface area contributed by atoms with Crippen LogP contribution in [-0.2, 0) is 14.3 Å². The predicted molar refractivity (Wildman–Crippen MR) is 87.5 cm³/mol. The number of ether oxygens (including phenoxy) is 2. The average molecular weight is 386 g/mol. The molecule has 23 heavy (non-hydrogen) atoms. The first-order valence-electron chi connectivity index (χ1n) is 7.36. The zero-order valence-corrected chi connectivity index (χ0v) is 14.7. The van der Waals surface area contributed by atoms with Crippen LogP contribution in [0.1, 0.15) is 25.3 Å². The summed E-state index contributed by atoms with van der Waals surface area (Å²) in [4.78, 5) is 23.4. The van der Waals surface area contributed by atoms with Crippen LogP contribution < -0.4 is 10.1 Å². The molecule has 1 aliphatic rings. The fraction of sp³-hybridized carbons (Fsp3) is 0.500. The fourth-order valence-corrected chi connectivity index (χ4v) is 3.07. The van der Waals surface area contributed by atoms with Gasteiger partial charge in [-0.25, -0.2) is 0 Å². The van der Waals surface area contributed by atoms with Crippen molar-refractivity contribution in [3.8, 4) is 5.75 Å². The zero-order valence-electron chi connectivity index (χ0n) is 13.1. The van der Waals surface area contributed by atoms with Gasteiger partial charge in [-0.2, -0.15) is 0 Å². The third-order valence-corrected chi connectivity index (χ3v) is 4.36. The normalized spacial score (nSPS) is 21.7. The lowest BCUT2D eigenvalue weighted by Crippen LogP contribution is -2.53. The van der Waals surface area contributed by atoms with Crippen LogP contribution in [0.15, 0.2) is 22.7 Å². The molecule has 0 bridgehead atoms. The second-order valence-corrected chi connectivity index (χ2v) is 6.69. The Kier molecular flexibility index (Phi) is 5.64. The largest absolute Gasteiger partial charge is 0.481 e. The van der Waals surface area contributed by atoms with Crippen LogP contribution in [0.5, 0.6) is 5.75 Å². The second-order valence-electron chi connectivity index (χ2n) is 5.84. The predicted octanol–water partition coefficient (Wildman–Crippen LogP) is 2.27. The number of benzene rings is 1. The van der Waals surface area contributed by atoms with Gasteiger partial charge in [0.1, 0.15) is 5.75 Å². The SMILES string of the molecule is Cc1ccc(OC(C)C(=O)NC2(CC(=O)O)CCOC2)c(Br)c1. The van der Waals surface area contributed by atoms with Gasteiger partial charge in [0.25, 0.3) is 5.91 Å². The van der Waals surface area contributed by atoms with Gasteiger partial charge in [0.05, 0.1) is 23.0 Å². The Morgan fingerprint density at radius 2 is 2.26 bits per heavy atom. The summed E-state index contributed by atoms with van der Waals surface area (Å²) in [5.41, 5.74) is 0.218. The maximum atomic E-state index is 12.4. The van der Waals surface area contributed by atoms with Crippen molar-refractivity contribution in [2.24, 2.45) is 0 Å². The van der Waals surface area contributed by atoms with Crippen LogP contribution in [0.4, 0.5) is 0 Å². The summed E-state index contributed by atoms with van der Waals surface area (Å²) in [7, 11) is 0. The van der Waals surface area contributed by atoms with Crippen molar-refractivity contribution in [1.82, 2.24) is 5.32 Å². The molecule has 1 aromatic carbocycles. The molecule has 0 aromatic heterocycles. The number of rotatable bonds is 6. The molecule has 2 unspecified atom stereocenters. The van der Waals surface area contributed by atoms with Gasteiger partial charge in [0.15, 0.2) is 6.10 Å². The molecule has 1 amide bonds. The number of aliphatic carboxylic acids is 1. The van der Waals surface area contributed by atoms with Crippen LogP contribution in [0.3, 0.4) is 0 Å². The third kappa shape index (κ3) is 4.68. The molecule has 1 aliphatic heterocycles. The molecular formula is C16H20BrNO5. The number of carbonyl (C=O) groups is 2. The third-order valence-electron chi connectivity index (χ3n) is 3.74. The van der Waals surface area contributed by atoms with Crippen molar-refractivity contribution in [3.63, 3.8) is 0 Å². The quantitative estimate of drug-likeness (QED) is 0.784. The van der Waals surface area contributed by atoms with E-state index in [-0.39, 0.29) is 18.9 Å². The first-order chi connectivity index (χ1) is 10.8. The van der Waals surface area contributed by atoms with E-state index in [9.17, 15) is 9.59 Å². The van der Waals surface area contributed by atoms with Gasteiger partial charge in [-0.05, 0) is 53.9 Å². The smallest absolute Gasteiger partial charge is 0.305 e. The first kappa shape index (κ1) is 17.7. The van der Waals surface area contributed by atoms with Crippen molar-refractivity contribution in [2.75, 3.05) is 13.2 Å². The second kappa shape index (κ2) is 7.31. The molecule has 1 heterocycles. The van der Waals surface area contributed by atoms with Crippen molar-refractivity contribution in [3.05, 3.63) is 28.2 Å². The molecule has 0 spiro atoms. The minimum Gasteiger partial charge on any atom is -0.481 e. The van der Waals surface area contributed by atoms with Crippen molar-refractivity contribution >= 4 is 27.8 Å². The van der Waals surface area contributed by atoms with Crippen LogP contribution in [0.25, 0.3) is 0 Å². The fourth-order valence-electron chi connectivity index (χ4n) is 2.49. The number of carbonyl (C=O) groups excluding carboxylic acids is 1. The van der Waals surface area contributed by atoms with Gasteiger partial charge in [-0.3, -0.25) is 9.59 Å². The van der Waals surface area contributed by atoms with E-state index < -0.39 is 17.6 Å². The number of halogens is 1. The molecule has 2 rings (SSSR count). The van der Waals surface area contributed by atoms with Gasteiger partial charge >= 0.3 is 5.97 Å². The lowest BCUT2D eigenvalue weighted by molar-refractivity contribution is -0.139. The standard InChI is InChI=1S/C16H20BrNO5/c1-10-3-4-13(12(17)7-10)23-11(2)15(21)18-16(8-14(19)20)5-6-22-9-16/h3-4,7,11H,5-6,8-9H2,1-2H3,(H,18,21)(H,19,20). The average Bonchev–Trinajstić information content (AvgIpc) is 2.89. The highest BCUT2D eigenvalue weighted by Crippen LogP contribution is 2.27. The van der Waals surface area contributed by atoms with Gasteiger partial charge in [-0.1, -0.05) is 6.07 Å². The summed E-state index contributed by atoms with van der Waals surface area (Å²) in [6.45, 7) is 4.23. The Bertz CT molecular complexity index is 598. The van der Waals surface area contributed by atoms with E-state index in [0.717, 1.165) is 10.0 Å². The molecule has 0 aliphatic carbocycles. The minimum absolute atomic E-state index is 0.167. The van der Waals surface area contributed by atoms with Gasteiger partial charge in [0.2, 0.25) is 0 Å². The summed E-state index contributed by atoms with van der Waals surface area (Å²) in [6, 6.07) is 5.58. The van der Waals surface area contributed by atoms with Crippen LogP contribution in [-0.4, -0.2) is 41.8 Å². The maximum Gasteiger partial charge on any atom is 0.305 e. The van der Waals surface area contributed by atoms with Gasteiger partial charge < -0.3 is 19.9 Å². The molecule has 2 N–H and O–H groups in total. The highest BCUT2D eigenvalue weighted by Gasteiger charge is 2.39. The monoisotopic (exact) mass is 385 g/mol. The number of hydrogen-bond acceptors (Lipinski definition) is 4. The van der Waals surface area contributed by atoms with Crippen molar-refractivity contribution in [1.29, 1.82) is 0 Å². The lowest BCUT2D eigenvalue weighted by Gasteiger charge is -2.28. The van der Waals surface area contributed by atoms with E-state index >= 15 is 0 Å². The molecule has 126 valence electrons. The first-order valence-corrected chi connectivity index (χ1v) is 8.15. The highest BCUT2D eigenvalue weighted by molar-refractivity contribution is 9.10. The Morgan fingerprint density at radius 3 is 2.83 bits per heavy atom. The maximum absolute atomic E-state index is 12.4. The lowest BCUT2D eigenvalue weighted by atomic mass is 9.94. The summed E-state index contributed by atoms with van der Waals surface area (Å²) in [5, 5.41) is 11.8. The van der Waals surface area contributed by atoms with Crippen LogP contribution in [0, 0.1) is 6.92 Å². The molecule has 1 aromatic rings. The molecule has 7 heteroatoms. The Morgan fingerprint density at radius 1 is 1.52 bits per heavy atom.